The maximum absolute atomic E-state index is 14.5. The zero-order valence-electron chi connectivity index (χ0n) is 26.2. The molecule has 1 amide bonds. The molecule has 9 atom stereocenters. The van der Waals surface area contributed by atoms with Crippen molar-refractivity contribution in [3.63, 3.8) is 0 Å². The molecule has 0 heterocycles. The molecule has 4 saturated carbocycles. The Labute approximate surface area is 245 Å². The molecule has 0 saturated heterocycles. The van der Waals surface area contributed by atoms with E-state index in [0.29, 0.717) is 12.8 Å². The summed E-state index contributed by atoms with van der Waals surface area (Å²) in [6.45, 7) is 15.7. The van der Waals surface area contributed by atoms with Crippen molar-refractivity contribution in [2.45, 2.75) is 125 Å². The molecule has 0 aromatic heterocycles. The minimum atomic E-state index is -0.970. The Kier molecular flexibility index (Phi) is 6.95. The number of hydrogen-bond donors (Lipinski definition) is 3. The largest absolute Gasteiger partial charge is 0.481 e. The van der Waals surface area contributed by atoms with Crippen LogP contribution < -0.4 is 5.32 Å². The van der Waals surface area contributed by atoms with E-state index < -0.39 is 17.4 Å². The number of amides is 1. The van der Waals surface area contributed by atoms with Crippen LogP contribution >= 0.6 is 0 Å². The van der Waals surface area contributed by atoms with Gasteiger partial charge in [-0.3, -0.25) is 19.2 Å². The summed E-state index contributed by atoms with van der Waals surface area (Å²) in [5, 5.41) is 22.3. The molecule has 4 fully saturated rings. The van der Waals surface area contributed by atoms with Gasteiger partial charge in [-0.05, 0) is 110 Å². The fraction of sp³-hybridized carbons (Fsp3) is 0.824. The molecule has 0 aromatic carbocycles. The zero-order valence-corrected chi connectivity index (χ0v) is 26.2. The molecule has 5 aliphatic rings. The lowest BCUT2D eigenvalue weighted by Gasteiger charge is -2.70. The van der Waals surface area contributed by atoms with Crippen molar-refractivity contribution in [1.29, 1.82) is 0 Å². The normalized spacial score (nSPS) is 46.6. The van der Waals surface area contributed by atoms with Crippen LogP contribution in [0.25, 0.3) is 0 Å². The van der Waals surface area contributed by atoms with E-state index in [1.54, 1.807) is 0 Å². The van der Waals surface area contributed by atoms with Crippen LogP contribution in [0.3, 0.4) is 0 Å². The van der Waals surface area contributed by atoms with Crippen molar-refractivity contribution >= 4 is 23.6 Å². The predicted octanol–water partition coefficient (Wildman–Crippen LogP) is 6.40. The molecular weight excluding hydrogens is 518 g/mol. The Balaban J connectivity index is 1.49. The van der Waals surface area contributed by atoms with Crippen LogP contribution in [0, 0.1) is 50.2 Å². The monoisotopic (exact) mass is 569 g/mol. The van der Waals surface area contributed by atoms with E-state index in [9.17, 15) is 24.3 Å². The summed E-state index contributed by atoms with van der Waals surface area (Å²) < 4.78 is 0. The van der Waals surface area contributed by atoms with Crippen molar-refractivity contribution < 1.29 is 29.4 Å². The van der Waals surface area contributed by atoms with Gasteiger partial charge in [-0.25, -0.2) is 0 Å². The van der Waals surface area contributed by atoms with Gasteiger partial charge in [-0.15, -0.1) is 0 Å². The van der Waals surface area contributed by atoms with Crippen LogP contribution in [0.5, 0.6) is 0 Å². The number of rotatable bonds is 5. The molecule has 5 rings (SSSR count). The topological polar surface area (TPSA) is 121 Å². The second-order valence-corrected chi connectivity index (χ2v) is 16.4. The number of carboxylic acid groups (broad SMARTS) is 2. The van der Waals surface area contributed by atoms with Crippen molar-refractivity contribution in [3.8, 4) is 0 Å². The Morgan fingerprint density at radius 2 is 1.54 bits per heavy atom. The highest BCUT2D eigenvalue weighted by Crippen LogP contribution is 2.75. The molecule has 0 radical (unpaired) electrons. The van der Waals surface area contributed by atoms with Gasteiger partial charge < -0.3 is 15.5 Å². The molecule has 7 nitrogen and oxygen atoms in total. The molecule has 0 unspecified atom stereocenters. The first-order valence-electron chi connectivity index (χ1n) is 15.8. The Bertz CT molecular complexity index is 1210. The van der Waals surface area contributed by atoms with Crippen LogP contribution in [0.2, 0.25) is 0 Å². The average molecular weight is 570 g/mol. The third-order valence-electron chi connectivity index (χ3n) is 14.0. The summed E-state index contributed by atoms with van der Waals surface area (Å²) in [5.74, 6) is -1.45. The molecule has 228 valence electrons. The molecule has 5 aliphatic carbocycles. The highest BCUT2D eigenvalue weighted by Gasteiger charge is 2.70. The fourth-order valence-electron chi connectivity index (χ4n) is 11.1. The molecule has 41 heavy (non-hydrogen) atoms. The number of hydrogen-bond acceptors (Lipinski definition) is 4. The van der Waals surface area contributed by atoms with Crippen molar-refractivity contribution in [3.05, 3.63) is 11.6 Å². The molecule has 0 aliphatic heterocycles. The number of aliphatic carboxylic acids is 2. The summed E-state index contributed by atoms with van der Waals surface area (Å²) in [6.07, 6.45) is 9.58. The van der Waals surface area contributed by atoms with Crippen LogP contribution in [0.15, 0.2) is 11.6 Å². The summed E-state index contributed by atoms with van der Waals surface area (Å²) in [5.41, 5.74) is -0.338. The second-order valence-electron chi connectivity index (χ2n) is 16.4. The van der Waals surface area contributed by atoms with Gasteiger partial charge in [0.2, 0.25) is 5.91 Å². The summed E-state index contributed by atoms with van der Waals surface area (Å²) in [4.78, 5) is 50.4. The molecule has 0 aromatic rings. The highest BCUT2D eigenvalue weighted by molar-refractivity contribution is 5.95. The maximum atomic E-state index is 14.5. The quantitative estimate of drug-likeness (QED) is 0.352. The van der Waals surface area contributed by atoms with Crippen molar-refractivity contribution in [2.75, 3.05) is 0 Å². The van der Waals surface area contributed by atoms with E-state index in [-0.39, 0.29) is 75.4 Å². The third-order valence-corrected chi connectivity index (χ3v) is 14.0. The van der Waals surface area contributed by atoms with Gasteiger partial charge >= 0.3 is 11.9 Å². The lowest BCUT2D eigenvalue weighted by molar-refractivity contribution is -0.190. The number of carbonyl (C=O) groups excluding carboxylic acids is 2. The van der Waals surface area contributed by atoms with Crippen molar-refractivity contribution in [2.24, 2.45) is 50.2 Å². The third kappa shape index (κ3) is 4.25. The number of carbonyl (C=O) groups is 4. The Morgan fingerprint density at radius 1 is 0.878 bits per heavy atom. The number of allylic oxidation sites excluding steroid dienone is 2. The molecule has 7 heteroatoms. The number of ketones is 1. The molecule has 0 bridgehead atoms. The highest BCUT2D eigenvalue weighted by atomic mass is 16.4. The molecular formula is C34H51NO6. The Morgan fingerprint density at radius 3 is 2.17 bits per heavy atom. The van der Waals surface area contributed by atoms with E-state index in [1.807, 2.05) is 13.0 Å². The first kappa shape index (κ1) is 30.3. The average Bonchev–Trinajstić information content (AvgIpc) is 2.86. The predicted molar refractivity (Wildman–Crippen MR) is 156 cm³/mol. The van der Waals surface area contributed by atoms with E-state index in [2.05, 4.69) is 46.9 Å². The van der Waals surface area contributed by atoms with Gasteiger partial charge in [-0.2, -0.15) is 0 Å². The van der Waals surface area contributed by atoms with Gasteiger partial charge in [0.1, 0.15) is 0 Å². The van der Waals surface area contributed by atoms with Crippen molar-refractivity contribution in [1.82, 2.24) is 5.32 Å². The van der Waals surface area contributed by atoms with Crippen LogP contribution in [0.1, 0.15) is 119 Å². The molecule has 0 spiro atoms. The summed E-state index contributed by atoms with van der Waals surface area (Å²) in [7, 11) is 0. The first-order valence-corrected chi connectivity index (χ1v) is 15.8. The van der Waals surface area contributed by atoms with Crippen LogP contribution in [0.4, 0.5) is 0 Å². The van der Waals surface area contributed by atoms with E-state index >= 15 is 0 Å². The Hall–Kier alpha value is -2.18. The first-order chi connectivity index (χ1) is 18.8. The van der Waals surface area contributed by atoms with Crippen LogP contribution in [-0.4, -0.2) is 39.9 Å². The number of fused-ring (bicyclic) bond motifs is 7. The minimum absolute atomic E-state index is 0.0179. The number of nitrogens with one attached hydrogen (secondary N) is 1. The smallest absolute Gasteiger partial charge is 0.309 e. The van der Waals surface area contributed by atoms with E-state index in [1.165, 1.54) is 5.57 Å². The van der Waals surface area contributed by atoms with Gasteiger partial charge in [0.15, 0.2) is 5.78 Å². The lowest BCUT2D eigenvalue weighted by atomic mass is 9.33. The maximum Gasteiger partial charge on any atom is 0.309 e. The van der Waals surface area contributed by atoms with E-state index in [0.717, 1.165) is 44.9 Å². The fourth-order valence-corrected chi connectivity index (χ4v) is 11.1. The SMILES string of the molecule is CC1(C)[C@@H](NC(=O)CCC(=O)O)CC[C@]2(C)[C@H]3C(=O)C=C4[C@@H]5C[C@@](C)(C(=O)O)CC[C@]5(C)CC[C@@]4(C)[C@]3(C)CC[C@@H]12. The van der Waals surface area contributed by atoms with Gasteiger partial charge in [0.25, 0.3) is 0 Å². The second kappa shape index (κ2) is 9.41. The van der Waals surface area contributed by atoms with Crippen LogP contribution in [-0.2, 0) is 19.2 Å². The van der Waals surface area contributed by atoms with E-state index in [4.69, 9.17) is 5.11 Å². The summed E-state index contributed by atoms with van der Waals surface area (Å²) in [6, 6.07) is -0.0575. The minimum Gasteiger partial charge on any atom is -0.481 e. The summed E-state index contributed by atoms with van der Waals surface area (Å²) >= 11 is 0. The van der Waals surface area contributed by atoms with Gasteiger partial charge in [0, 0.05) is 18.4 Å². The number of carboxylic acids is 2. The zero-order chi connectivity index (χ0) is 30.4. The lowest BCUT2D eigenvalue weighted by Crippen LogP contribution is -2.67. The van der Waals surface area contributed by atoms with Gasteiger partial charge in [0.05, 0.1) is 11.8 Å². The molecule has 3 N–H and O–H groups in total. The standard InChI is InChI=1S/C34H51NO6/c1-29(2)23-10-13-34(7)27(32(23,5)12-11-24(29)35-25(37)8-9-26(38)39)22(36)18-20-21-19-31(4,28(40)41)15-14-30(21,3)16-17-33(20,34)6/h18,21,23-24,27H,8-17,19H2,1-7H3,(H,35,37)(H,38,39)(H,40,41)/t21-,23-,24-,27+,30+,31-,32-,33+,34+/m0/s1. The van der Waals surface area contributed by atoms with Gasteiger partial charge in [-0.1, -0.05) is 47.1 Å².